The van der Waals surface area contributed by atoms with Gasteiger partial charge in [0.15, 0.2) is 0 Å². The molecule has 3 aromatic rings. The fourth-order valence-electron chi connectivity index (χ4n) is 3.29. The molecule has 0 saturated heterocycles. The molecule has 0 fully saturated rings. The molecule has 4 heteroatoms. The standard InChI is InChI=1S/C25H25F3O/c1-3-5-6-8-18-9-12-22(13-10-18)25(27,28)29-23-14-11-19-15-20(7-4-2)24(26)17-21(19)16-23/h4,7,9-17H,3,5-6,8H2,1-2H3/b7-4+. The van der Waals surface area contributed by atoms with Gasteiger partial charge in [-0.25, -0.2) is 4.39 Å². The number of alkyl halides is 2. The average Bonchev–Trinajstić information content (AvgIpc) is 2.69. The molecule has 3 aromatic carbocycles. The SMILES string of the molecule is C/C=C/c1cc2ccc(OC(F)(F)c3ccc(CCCCC)cc3)cc2cc1F. The van der Waals surface area contributed by atoms with Gasteiger partial charge >= 0.3 is 6.11 Å². The number of hydrogen-bond acceptors (Lipinski definition) is 1. The molecule has 0 heterocycles. The van der Waals surface area contributed by atoms with Gasteiger partial charge in [0, 0.05) is 5.56 Å². The van der Waals surface area contributed by atoms with Crippen LogP contribution in [-0.4, -0.2) is 0 Å². The van der Waals surface area contributed by atoms with Crippen LogP contribution in [0.25, 0.3) is 16.8 Å². The first kappa shape index (κ1) is 21.0. The van der Waals surface area contributed by atoms with E-state index in [-0.39, 0.29) is 11.3 Å². The molecule has 3 rings (SSSR count). The Balaban J connectivity index is 1.78. The summed E-state index contributed by atoms with van der Waals surface area (Å²) in [6, 6.07) is 13.9. The molecule has 0 spiro atoms. The zero-order valence-corrected chi connectivity index (χ0v) is 16.7. The number of hydrogen-bond donors (Lipinski definition) is 0. The van der Waals surface area contributed by atoms with E-state index in [4.69, 9.17) is 4.74 Å². The highest BCUT2D eigenvalue weighted by Gasteiger charge is 2.34. The van der Waals surface area contributed by atoms with Gasteiger partial charge in [-0.15, -0.1) is 0 Å². The van der Waals surface area contributed by atoms with Gasteiger partial charge in [-0.05, 0) is 72.5 Å². The third kappa shape index (κ3) is 5.20. The van der Waals surface area contributed by atoms with Crippen LogP contribution in [-0.2, 0) is 12.5 Å². The van der Waals surface area contributed by atoms with Gasteiger partial charge in [-0.3, -0.25) is 0 Å². The monoisotopic (exact) mass is 398 g/mol. The van der Waals surface area contributed by atoms with Crippen LogP contribution in [0.2, 0.25) is 0 Å². The quantitative estimate of drug-likeness (QED) is 0.351. The first-order valence-electron chi connectivity index (χ1n) is 9.95. The maximum Gasteiger partial charge on any atom is 0.426 e. The maximum absolute atomic E-state index is 14.6. The lowest BCUT2D eigenvalue weighted by Gasteiger charge is -2.19. The minimum absolute atomic E-state index is 0.00675. The van der Waals surface area contributed by atoms with Gasteiger partial charge in [0.05, 0.1) is 5.56 Å². The Labute approximate surface area is 169 Å². The van der Waals surface area contributed by atoms with Crippen molar-refractivity contribution in [3.05, 3.63) is 83.2 Å². The van der Waals surface area contributed by atoms with E-state index < -0.39 is 11.9 Å². The predicted molar refractivity (Wildman–Crippen MR) is 113 cm³/mol. The average molecular weight is 398 g/mol. The van der Waals surface area contributed by atoms with Crippen molar-refractivity contribution in [1.82, 2.24) is 0 Å². The Morgan fingerprint density at radius 1 is 0.931 bits per heavy atom. The van der Waals surface area contributed by atoms with Crippen molar-refractivity contribution in [2.24, 2.45) is 0 Å². The molecular formula is C25H25F3O. The molecule has 152 valence electrons. The topological polar surface area (TPSA) is 9.23 Å². The van der Waals surface area contributed by atoms with Crippen LogP contribution in [0, 0.1) is 5.82 Å². The molecule has 0 amide bonds. The first-order chi connectivity index (χ1) is 13.9. The number of benzene rings is 3. The second-order valence-electron chi connectivity index (χ2n) is 7.16. The zero-order chi connectivity index (χ0) is 20.9. The molecule has 0 aliphatic heterocycles. The van der Waals surface area contributed by atoms with Crippen molar-refractivity contribution in [2.45, 2.75) is 45.6 Å². The second-order valence-corrected chi connectivity index (χ2v) is 7.16. The molecule has 0 aliphatic carbocycles. The summed E-state index contributed by atoms with van der Waals surface area (Å²) in [5, 5.41) is 1.27. The van der Waals surface area contributed by atoms with Crippen LogP contribution in [0.4, 0.5) is 13.2 Å². The molecule has 0 radical (unpaired) electrons. The van der Waals surface area contributed by atoms with Crippen molar-refractivity contribution in [1.29, 1.82) is 0 Å². The largest absolute Gasteiger partial charge is 0.429 e. The van der Waals surface area contributed by atoms with Crippen molar-refractivity contribution >= 4 is 16.8 Å². The van der Waals surface area contributed by atoms with Crippen LogP contribution in [0.3, 0.4) is 0 Å². The van der Waals surface area contributed by atoms with Gasteiger partial charge < -0.3 is 4.74 Å². The van der Waals surface area contributed by atoms with Gasteiger partial charge in [-0.1, -0.05) is 50.1 Å². The summed E-state index contributed by atoms with van der Waals surface area (Å²) in [4.78, 5) is 0. The van der Waals surface area contributed by atoms with E-state index in [1.165, 1.54) is 30.3 Å². The lowest BCUT2D eigenvalue weighted by molar-refractivity contribution is -0.185. The van der Waals surface area contributed by atoms with Crippen molar-refractivity contribution in [2.75, 3.05) is 0 Å². The number of halogens is 3. The molecule has 0 unspecified atom stereocenters. The molecular weight excluding hydrogens is 373 g/mol. The van der Waals surface area contributed by atoms with E-state index in [9.17, 15) is 13.2 Å². The molecule has 0 aliphatic rings. The Kier molecular flexibility index (Phi) is 6.63. The third-order valence-electron chi connectivity index (χ3n) is 4.88. The third-order valence-corrected chi connectivity index (χ3v) is 4.88. The van der Waals surface area contributed by atoms with Crippen LogP contribution in [0.15, 0.2) is 60.7 Å². The summed E-state index contributed by atoms with van der Waals surface area (Å²) in [6.45, 7) is 3.93. The Morgan fingerprint density at radius 3 is 2.38 bits per heavy atom. The molecule has 0 saturated carbocycles. The van der Waals surface area contributed by atoms with E-state index in [1.54, 1.807) is 43.3 Å². The minimum atomic E-state index is -3.47. The second kappa shape index (κ2) is 9.17. The number of aryl methyl sites for hydroxylation is 1. The van der Waals surface area contributed by atoms with E-state index in [1.807, 2.05) is 0 Å². The summed E-state index contributed by atoms with van der Waals surface area (Å²) in [7, 11) is 0. The normalized spacial score (nSPS) is 12.0. The number of ether oxygens (including phenoxy) is 1. The van der Waals surface area contributed by atoms with Crippen molar-refractivity contribution in [3.8, 4) is 5.75 Å². The highest BCUT2D eigenvalue weighted by Crippen LogP contribution is 2.33. The van der Waals surface area contributed by atoms with E-state index in [0.717, 1.165) is 36.6 Å². The summed E-state index contributed by atoms with van der Waals surface area (Å²) in [5.74, 6) is -0.411. The highest BCUT2D eigenvalue weighted by atomic mass is 19.3. The van der Waals surface area contributed by atoms with Gasteiger partial charge in [0.2, 0.25) is 0 Å². The van der Waals surface area contributed by atoms with Crippen LogP contribution >= 0.6 is 0 Å². The fourth-order valence-corrected chi connectivity index (χ4v) is 3.29. The van der Waals surface area contributed by atoms with Crippen LogP contribution in [0.5, 0.6) is 5.75 Å². The molecule has 0 aromatic heterocycles. The fraction of sp³-hybridized carbons (Fsp3) is 0.280. The Morgan fingerprint density at radius 2 is 1.69 bits per heavy atom. The van der Waals surface area contributed by atoms with Gasteiger partial charge in [0.1, 0.15) is 11.6 Å². The highest BCUT2D eigenvalue weighted by molar-refractivity contribution is 5.86. The van der Waals surface area contributed by atoms with Crippen LogP contribution < -0.4 is 4.74 Å². The lowest BCUT2D eigenvalue weighted by Crippen LogP contribution is -2.21. The number of allylic oxidation sites excluding steroid dienone is 1. The van der Waals surface area contributed by atoms with Crippen molar-refractivity contribution in [3.63, 3.8) is 0 Å². The van der Waals surface area contributed by atoms with E-state index in [2.05, 4.69) is 6.92 Å². The summed E-state index contributed by atoms with van der Waals surface area (Å²) in [5.41, 5.74) is 1.29. The molecule has 1 nitrogen and oxygen atoms in total. The summed E-state index contributed by atoms with van der Waals surface area (Å²) >= 11 is 0. The zero-order valence-electron chi connectivity index (χ0n) is 16.7. The number of fused-ring (bicyclic) bond motifs is 1. The minimum Gasteiger partial charge on any atom is -0.429 e. The Hall–Kier alpha value is -2.75. The first-order valence-corrected chi connectivity index (χ1v) is 9.95. The Bertz CT molecular complexity index is 991. The lowest BCUT2D eigenvalue weighted by atomic mass is 10.0. The number of rotatable bonds is 8. The smallest absolute Gasteiger partial charge is 0.426 e. The molecule has 0 bridgehead atoms. The molecule has 0 atom stereocenters. The van der Waals surface area contributed by atoms with Gasteiger partial charge in [-0.2, -0.15) is 8.78 Å². The summed E-state index contributed by atoms with van der Waals surface area (Å²) < 4.78 is 48.4. The van der Waals surface area contributed by atoms with Crippen LogP contribution in [0.1, 0.15) is 49.8 Å². The maximum atomic E-state index is 14.6. The van der Waals surface area contributed by atoms with Crippen molar-refractivity contribution < 1.29 is 17.9 Å². The predicted octanol–water partition coefficient (Wildman–Crippen LogP) is 7.87. The number of unbranched alkanes of at least 4 members (excludes halogenated alkanes) is 2. The van der Waals surface area contributed by atoms with E-state index in [0.29, 0.717) is 10.9 Å². The van der Waals surface area contributed by atoms with Gasteiger partial charge in [0.25, 0.3) is 0 Å². The van der Waals surface area contributed by atoms with E-state index >= 15 is 0 Å². The molecule has 29 heavy (non-hydrogen) atoms. The molecule has 0 N–H and O–H groups in total. The summed E-state index contributed by atoms with van der Waals surface area (Å²) in [6.07, 6.45) is 4.11.